The molecule has 19 heavy (non-hydrogen) atoms. The minimum absolute atomic E-state index is 0.668. The van der Waals surface area contributed by atoms with Crippen LogP contribution in [0.3, 0.4) is 0 Å². The monoisotopic (exact) mass is 327 g/mol. The van der Waals surface area contributed by atoms with Crippen LogP contribution in [0.1, 0.15) is 19.4 Å². The quantitative estimate of drug-likeness (QED) is 0.774. The lowest BCUT2D eigenvalue weighted by Crippen LogP contribution is -2.19. The number of hydrogen-bond donors (Lipinski definition) is 1. The van der Waals surface area contributed by atoms with Crippen molar-refractivity contribution in [2.75, 3.05) is 27.3 Å². The standard InChI is InChI=1S/C15H22BrNO2/c1-11(2)10-17-7-5-6-12-8-14(18-3)15(19-4)9-13(12)16/h5-6,8-9,11,17H,7,10H2,1-4H3. The maximum Gasteiger partial charge on any atom is 0.161 e. The van der Waals surface area contributed by atoms with Crippen LogP contribution in [0.2, 0.25) is 0 Å². The first kappa shape index (κ1) is 16.1. The fourth-order valence-corrected chi connectivity index (χ4v) is 2.09. The van der Waals surface area contributed by atoms with Crippen LogP contribution >= 0.6 is 15.9 Å². The SMILES string of the molecule is COc1cc(Br)c(C=CCNCC(C)C)cc1OC. The van der Waals surface area contributed by atoms with E-state index in [0.29, 0.717) is 5.92 Å². The zero-order valence-electron chi connectivity index (χ0n) is 12.0. The van der Waals surface area contributed by atoms with E-state index in [1.165, 1.54) is 0 Å². The van der Waals surface area contributed by atoms with E-state index in [1.807, 2.05) is 12.1 Å². The number of nitrogens with one attached hydrogen (secondary N) is 1. The van der Waals surface area contributed by atoms with Gasteiger partial charge in [0.15, 0.2) is 11.5 Å². The Kier molecular flexibility index (Phi) is 6.95. The maximum absolute atomic E-state index is 5.30. The predicted octanol–water partition coefficient (Wildman–Crippen LogP) is 3.73. The number of benzene rings is 1. The van der Waals surface area contributed by atoms with Gasteiger partial charge in [0.1, 0.15) is 0 Å². The second-order valence-corrected chi connectivity index (χ2v) is 5.54. The summed E-state index contributed by atoms with van der Waals surface area (Å²) in [7, 11) is 3.28. The zero-order valence-corrected chi connectivity index (χ0v) is 13.6. The Balaban J connectivity index is 2.70. The van der Waals surface area contributed by atoms with Crippen LogP contribution in [0.15, 0.2) is 22.7 Å². The van der Waals surface area contributed by atoms with E-state index in [2.05, 4.69) is 47.2 Å². The van der Waals surface area contributed by atoms with Gasteiger partial charge in [0.2, 0.25) is 0 Å². The molecule has 0 radical (unpaired) electrons. The van der Waals surface area contributed by atoms with Crippen molar-refractivity contribution in [2.24, 2.45) is 5.92 Å². The van der Waals surface area contributed by atoms with Gasteiger partial charge in [0.05, 0.1) is 14.2 Å². The summed E-state index contributed by atoms with van der Waals surface area (Å²) in [5.41, 5.74) is 1.07. The van der Waals surface area contributed by atoms with E-state index in [0.717, 1.165) is 34.6 Å². The Hall–Kier alpha value is -1.00. The molecule has 0 amide bonds. The summed E-state index contributed by atoms with van der Waals surface area (Å²) in [5, 5.41) is 3.37. The lowest BCUT2D eigenvalue weighted by atomic mass is 10.2. The predicted molar refractivity (Wildman–Crippen MR) is 84.0 cm³/mol. The summed E-state index contributed by atoms with van der Waals surface area (Å²) in [6.45, 7) is 6.28. The number of halogens is 1. The Morgan fingerprint density at radius 3 is 2.42 bits per heavy atom. The summed E-state index contributed by atoms with van der Waals surface area (Å²) < 4.78 is 11.5. The van der Waals surface area contributed by atoms with E-state index < -0.39 is 0 Å². The molecule has 0 unspecified atom stereocenters. The molecule has 1 rings (SSSR count). The number of rotatable bonds is 7. The lowest BCUT2D eigenvalue weighted by molar-refractivity contribution is 0.354. The van der Waals surface area contributed by atoms with E-state index in [-0.39, 0.29) is 0 Å². The second kappa shape index (κ2) is 8.23. The van der Waals surface area contributed by atoms with E-state index >= 15 is 0 Å². The highest BCUT2D eigenvalue weighted by Crippen LogP contribution is 2.33. The van der Waals surface area contributed by atoms with Crippen LogP contribution in [-0.4, -0.2) is 27.3 Å². The van der Waals surface area contributed by atoms with Crippen LogP contribution in [0.4, 0.5) is 0 Å². The van der Waals surface area contributed by atoms with E-state index in [9.17, 15) is 0 Å². The molecule has 0 aromatic heterocycles. The van der Waals surface area contributed by atoms with Crippen molar-refractivity contribution in [3.8, 4) is 11.5 Å². The van der Waals surface area contributed by atoms with Crippen molar-refractivity contribution in [1.29, 1.82) is 0 Å². The molecule has 106 valence electrons. The summed E-state index contributed by atoms with van der Waals surface area (Å²) in [5.74, 6) is 2.13. The van der Waals surface area contributed by atoms with Crippen LogP contribution in [0, 0.1) is 5.92 Å². The number of ether oxygens (including phenoxy) is 2. The molecule has 4 heteroatoms. The van der Waals surface area contributed by atoms with Crippen molar-refractivity contribution < 1.29 is 9.47 Å². The molecule has 3 nitrogen and oxygen atoms in total. The Morgan fingerprint density at radius 2 is 1.84 bits per heavy atom. The average molecular weight is 328 g/mol. The molecular formula is C15H22BrNO2. The largest absolute Gasteiger partial charge is 0.493 e. The van der Waals surface area contributed by atoms with Gasteiger partial charge in [0, 0.05) is 11.0 Å². The van der Waals surface area contributed by atoms with Gasteiger partial charge in [-0.25, -0.2) is 0 Å². The van der Waals surface area contributed by atoms with Crippen molar-refractivity contribution in [3.05, 3.63) is 28.2 Å². The topological polar surface area (TPSA) is 30.5 Å². The molecule has 0 aliphatic heterocycles. The molecule has 0 aliphatic rings. The Labute approximate surface area is 124 Å². The second-order valence-electron chi connectivity index (χ2n) is 4.68. The van der Waals surface area contributed by atoms with Gasteiger partial charge >= 0.3 is 0 Å². The molecule has 0 saturated heterocycles. The molecule has 0 spiro atoms. The highest BCUT2D eigenvalue weighted by molar-refractivity contribution is 9.10. The van der Waals surface area contributed by atoms with Crippen LogP contribution in [0.25, 0.3) is 6.08 Å². The van der Waals surface area contributed by atoms with Crippen molar-refractivity contribution >= 4 is 22.0 Å². The summed E-state index contributed by atoms with van der Waals surface area (Å²) in [4.78, 5) is 0. The maximum atomic E-state index is 5.30. The first-order valence-electron chi connectivity index (χ1n) is 6.37. The molecular weight excluding hydrogens is 306 g/mol. The highest BCUT2D eigenvalue weighted by atomic mass is 79.9. The van der Waals surface area contributed by atoms with Crippen LogP contribution < -0.4 is 14.8 Å². The molecule has 0 atom stereocenters. The first-order valence-corrected chi connectivity index (χ1v) is 7.16. The smallest absolute Gasteiger partial charge is 0.161 e. The van der Waals surface area contributed by atoms with Crippen LogP contribution in [0.5, 0.6) is 11.5 Å². The third-order valence-corrected chi connectivity index (χ3v) is 3.30. The Bertz CT molecular complexity index is 430. The van der Waals surface area contributed by atoms with E-state index in [4.69, 9.17) is 9.47 Å². The van der Waals surface area contributed by atoms with Gasteiger partial charge in [0.25, 0.3) is 0 Å². The molecule has 1 aromatic rings. The molecule has 0 fully saturated rings. The molecule has 1 N–H and O–H groups in total. The first-order chi connectivity index (χ1) is 9.08. The molecule has 1 aromatic carbocycles. The zero-order chi connectivity index (χ0) is 14.3. The molecule has 0 aliphatic carbocycles. The summed E-state index contributed by atoms with van der Waals surface area (Å²) in [6, 6.07) is 3.88. The number of methoxy groups -OCH3 is 2. The fraction of sp³-hybridized carbons (Fsp3) is 0.467. The lowest BCUT2D eigenvalue weighted by Gasteiger charge is -2.10. The summed E-state index contributed by atoms with van der Waals surface area (Å²) >= 11 is 3.54. The van der Waals surface area contributed by atoms with Crippen LogP contribution in [-0.2, 0) is 0 Å². The minimum Gasteiger partial charge on any atom is -0.493 e. The van der Waals surface area contributed by atoms with Crippen molar-refractivity contribution in [1.82, 2.24) is 5.32 Å². The Morgan fingerprint density at radius 1 is 1.21 bits per heavy atom. The van der Waals surface area contributed by atoms with E-state index in [1.54, 1.807) is 14.2 Å². The molecule has 0 heterocycles. The highest BCUT2D eigenvalue weighted by Gasteiger charge is 2.07. The normalized spacial score (nSPS) is 11.3. The average Bonchev–Trinajstić information content (AvgIpc) is 2.39. The van der Waals surface area contributed by atoms with Gasteiger partial charge in [-0.05, 0) is 30.2 Å². The number of hydrogen-bond acceptors (Lipinski definition) is 3. The van der Waals surface area contributed by atoms with Gasteiger partial charge in [-0.15, -0.1) is 0 Å². The van der Waals surface area contributed by atoms with Crippen molar-refractivity contribution in [2.45, 2.75) is 13.8 Å². The van der Waals surface area contributed by atoms with Gasteiger partial charge in [-0.3, -0.25) is 0 Å². The molecule has 0 saturated carbocycles. The minimum atomic E-state index is 0.668. The van der Waals surface area contributed by atoms with Gasteiger partial charge < -0.3 is 14.8 Å². The third kappa shape index (κ3) is 5.25. The third-order valence-electron chi connectivity index (χ3n) is 2.62. The van der Waals surface area contributed by atoms with Crippen molar-refractivity contribution in [3.63, 3.8) is 0 Å². The molecule has 0 bridgehead atoms. The van der Waals surface area contributed by atoms with Gasteiger partial charge in [-0.2, -0.15) is 0 Å². The fourth-order valence-electron chi connectivity index (χ4n) is 1.64. The summed E-state index contributed by atoms with van der Waals surface area (Å²) in [6.07, 6.45) is 4.17. The van der Waals surface area contributed by atoms with Gasteiger partial charge in [-0.1, -0.05) is 41.9 Å².